The molecule has 2 aromatic carbocycles. The van der Waals surface area contributed by atoms with E-state index in [2.05, 4.69) is 33.4 Å². The van der Waals surface area contributed by atoms with Gasteiger partial charge in [0.25, 0.3) is 0 Å². The van der Waals surface area contributed by atoms with E-state index in [4.69, 9.17) is 0 Å². The van der Waals surface area contributed by atoms with Gasteiger partial charge in [-0.1, -0.05) is 28.1 Å². The lowest BCUT2D eigenvalue weighted by Gasteiger charge is -2.27. The highest BCUT2D eigenvalue weighted by atomic mass is 79.9. The molecule has 0 amide bonds. The maximum Gasteiger partial charge on any atom is 0.157 e. The van der Waals surface area contributed by atoms with Crippen LogP contribution in [0.4, 0.5) is 0 Å². The van der Waals surface area contributed by atoms with Gasteiger partial charge >= 0.3 is 0 Å². The number of phenols is 2. The van der Waals surface area contributed by atoms with Crippen LogP contribution in [0.25, 0.3) is 0 Å². The van der Waals surface area contributed by atoms with Crippen LogP contribution in [0.2, 0.25) is 0 Å². The molecule has 0 saturated heterocycles. The van der Waals surface area contributed by atoms with Crippen molar-refractivity contribution in [3.05, 3.63) is 57.6 Å². The minimum absolute atomic E-state index is 0.0342. The van der Waals surface area contributed by atoms with Gasteiger partial charge in [0.15, 0.2) is 11.5 Å². The summed E-state index contributed by atoms with van der Waals surface area (Å²) in [4.78, 5) is 0. The Balaban J connectivity index is 1.89. The van der Waals surface area contributed by atoms with Crippen molar-refractivity contribution >= 4 is 15.9 Å². The lowest BCUT2D eigenvalue weighted by molar-refractivity contribution is 0.398. The zero-order valence-electron chi connectivity index (χ0n) is 10.9. The van der Waals surface area contributed by atoms with Gasteiger partial charge in [0.05, 0.1) is 0 Å². The van der Waals surface area contributed by atoms with Gasteiger partial charge < -0.3 is 15.5 Å². The van der Waals surface area contributed by atoms with Crippen LogP contribution in [-0.4, -0.2) is 16.8 Å². The summed E-state index contributed by atoms with van der Waals surface area (Å²) >= 11 is 3.44. The minimum atomic E-state index is -0.0479. The van der Waals surface area contributed by atoms with Crippen molar-refractivity contribution in [2.24, 2.45) is 0 Å². The Morgan fingerprint density at radius 3 is 2.55 bits per heavy atom. The van der Waals surface area contributed by atoms with Gasteiger partial charge in [0, 0.05) is 10.5 Å². The Kier molecular flexibility index (Phi) is 3.68. The molecule has 0 aromatic heterocycles. The zero-order valence-corrected chi connectivity index (χ0v) is 12.5. The first kappa shape index (κ1) is 13.5. The van der Waals surface area contributed by atoms with Gasteiger partial charge in [-0.15, -0.1) is 0 Å². The molecule has 20 heavy (non-hydrogen) atoms. The predicted molar refractivity (Wildman–Crippen MR) is 82.1 cm³/mol. The fourth-order valence-electron chi connectivity index (χ4n) is 2.71. The fraction of sp³-hybridized carbons (Fsp3) is 0.250. The van der Waals surface area contributed by atoms with Gasteiger partial charge in [-0.3, -0.25) is 0 Å². The molecule has 0 aliphatic carbocycles. The summed E-state index contributed by atoms with van der Waals surface area (Å²) in [5.41, 5.74) is 3.43. The van der Waals surface area contributed by atoms with E-state index in [1.54, 1.807) is 12.1 Å². The van der Waals surface area contributed by atoms with Crippen molar-refractivity contribution in [2.45, 2.75) is 18.9 Å². The van der Waals surface area contributed by atoms with Crippen molar-refractivity contribution in [3.8, 4) is 11.5 Å². The largest absolute Gasteiger partial charge is 0.504 e. The Hall–Kier alpha value is -1.52. The summed E-state index contributed by atoms with van der Waals surface area (Å²) < 4.78 is 1.07. The second kappa shape index (κ2) is 5.46. The smallest absolute Gasteiger partial charge is 0.157 e. The van der Waals surface area contributed by atoms with Crippen LogP contribution in [0, 0.1) is 0 Å². The molecule has 1 aliphatic heterocycles. The van der Waals surface area contributed by atoms with Crippen molar-refractivity contribution < 1.29 is 10.2 Å². The number of hydrogen-bond donors (Lipinski definition) is 3. The maximum absolute atomic E-state index is 9.71. The third-order valence-corrected chi connectivity index (χ3v) is 4.28. The molecule has 104 valence electrons. The molecule has 1 aliphatic rings. The highest BCUT2D eigenvalue weighted by Crippen LogP contribution is 2.34. The number of nitrogens with one attached hydrogen (secondary N) is 1. The quantitative estimate of drug-likeness (QED) is 0.739. The van der Waals surface area contributed by atoms with E-state index >= 15 is 0 Å². The number of aromatic hydroxyl groups is 2. The molecule has 3 nitrogen and oxygen atoms in total. The van der Waals surface area contributed by atoms with E-state index in [1.165, 1.54) is 5.56 Å². The van der Waals surface area contributed by atoms with E-state index in [1.807, 2.05) is 12.1 Å². The first-order valence-corrected chi connectivity index (χ1v) is 7.45. The molecular weight excluding hydrogens is 318 g/mol. The summed E-state index contributed by atoms with van der Waals surface area (Å²) in [5.74, 6) is -0.0821. The van der Waals surface area contributed by atoms with Crippen LogP contribution >= 0.6 is 15.9 Å². The van der Waals surface area contributed by atoms with Crippen LogP contribution in [0.5, 0.6) is 11.5 Å². The van der Waals surface area contributed by atoms with E-state index < -0.39 is 0 Å². The van der Waals surface area contributed by atoms with Gasteiger partial charge in [-0.2, -0.15) is 0 Å². The Labute approximate surface area is 126 Å². The van der Waals surface area contributed by atoms with Crippen molar-refractivity contribution in [2.75, 3.05) is 6.54 Å². The number of phenolic OH excluding ortho intramolecular Hbond substituents is 2. The molecule has 3 N–H and O–H groups in total. The second-order valence-electron chi connectivity index (χ2n) is 5.13. The van der Waals surface area contributed by atoms with Crippen LogP contribution < -0.4 is 5.32 Å². The molecule has 0 spiro atoms. The highest BCUT2D eigenvalue weighted by Gasteiger charge is 2.21. The Bertz CT molecular complexity index is 625. The number of hydrogen-bond acceptors (Lipinski definition) is 3. The van der Waals surface area contributed by atoms with Crippen LogP contribution in [-0.2, 0) is 12.8 Å². The van der Waals surface area contributed by atoms with Gasteiger partial charge in [0.2, 0.25) is 0 Å². The molecule has 0 bridgehead atoms. The average molecular weight is 334 g/mol. The molecule has 0 radical (unpaired) electrons. The molecular formula is C16H16BrNO2. The average Bonchev–Trinajstić information content (AvgIpc) is 2.43. The first-order valence-electron chi connectivity index (χ1n) is 6.66. The molecule has 3 rings (SSSR count). The summed E-state index contributed by atoms with van der Waals surface area (Å²) in [7, 11) is 0. The molecule has 0 fully saturated rings. The lowest BCUT2D eigenvalue weighted by Crippen LogP contribution is -2.31. The van der Waals surface area contributed by atoms with Crippen molar-refractivity contribution in [3.63, 3.8) is 0 Å². The van der Waals surface area contributed by atoms with E-state index in [9.17, 15) is 10.2 Å². The molecule has 2 aromatic rings. The summed E-state index contributed by atoms with van der Waals surface area (Å²) in [6.45, 7) is 0.887. The Morgan fingerprint density at radius 2 is 1.80 bits per heavy atom. The zero-order chi connectivity index (χ0) is 14.1. The monoisotopic (exact) mass is 333 g/mol. The normalized spacial score (nSPS) is 17.8. The highest BCUT2D eigenvalue weighted by molar-refractivity contribution is 9.10. The molecule has 0 unspecified atom stereocenters. The number of halogens is 1. The van der Waals surface area contributed by atoms with Crippen LogP contribution in [0.3, 0.4) is 0 Å². The lowest BCUT2D eigenvalue weighted by atomic mass is 9.90. The number of benzene rings is 2. The van der Waals surface area contributed by atoms with E-state index in [-0.39, 0.29) is 17.5 Å². The number of fused-ring (bicyclic) bond motifs is 1. The third kappa shape index (κ3) is 2.67. The molecule has 1 heterocycles. The molecule has 4 heteroatoms. The van der Waals surface area contributed by atoms with Gasteiger partial charge in [0.1, 0.15) is 0 Å². The fourth-order valence-corrected chi connectivity index (χ4v) is 2.97. The van der Waals surface area contributed by atoms with Crippen LogP contribution in [0.15, 0.2) is 40.9 Å². The topological polar surface area (TPSA) is 52.5 Å². The Morgan fingerprint density at radius 1 is 1.10 bits per heavy atom. The summed E-state index contributed by atoms with van der Waals surface area (Å²) in [6.07, 6.45) is 1.74. The molecule has 0 saturated carbocycles. The van der Waals surface area contributed by atoms with Crippen molar-refractivity contribution in [1.29, 1.82) is 0 Å². The third-order valence-electron chi connectivity index (χ3n) is 3.75. The summed E-state index contributed by atoms with van der Waals surface area (Å²) in [6, 6.07) is 11.8. The maximum atomic E-state index is 9.71. The van der Waals surface area contributed by atoms with Crippen molar-refractivity contribution in [1.82, 2.24) is 5.32 Å². The molecule has 1 atom stereocenters. The van der Waals surface area contributed by atoms with Gasteiger partial charge in [-0.25, -0.2) is 0 Å². The van der Waals surface area contributed by atoms with Gasteiger partial charge in [-0.05, 0) is 60.3 Å². The minimum Gasteiger partial charge on any atom is -0.504 e. The van der Waals surface area contributed by atoms with E-state index in [0.717, 1.165) is 35.0 Å². The summed E-state index contributed by atoms with van der Waals surface area (Å²) in [5, 5.41) is 22.8. The van der Waals surface area contributed by atoms with Crippen LogP contribution in [0.1, 0.15) is 22.7 Å². The first-order chi connectivity index (χ1) is 9.63. The predicted octanol–water partition coefficient (Wildman–Crippen LogP) is 3.29. The standard InChI is InChI=1S/C16H16BrNO2/c17-12-3-1-10(2-4-12)7-14-13-9-16(20)15(19)8-11(13)5-6-18-14/h1-4,8-9,14,18-20H,5-7H2/t14-/m0/s1. The second-order valence-corrected chi connectivity index (χ2v) is 6.04. The van der Waals surface area contributed by atoms with E-state index in [0.29, 0.717) is 0 Å². The SMILES string of the molecule is Oc1cc2c(cc1O)[C@H](Cc1ccc(Br)cc1)NCC2. The number of rotatable bonds is 2.